The first-order chi connectivity index (χ1) is 13.0. The van der Waals surface area contributed by atoms with Crippen molar-refractivity contribution in [3.63, 3.8) is 0 Å². The number of fused-ring (bicyclic) bond motifs is 1. The van der Waals surface area contributed by atoms with Crippen molar-refractivity contribution in [2.75, 3.05) is 4.90 Å². The van der Waals surface area contributed by atoms with Gasteiger partial charge in [-0.2, -0.15) is 0 Å². The van der Waals surface area contributed by atoms with E-state index in [0.29, 0.717) is 11.6 Å². The van der Waals surface area contributed by atoms with E-state index in [1.165, 1.54) is 0 Å². The Balaban J connectivity index is 1.77. The van der Waals surface area contributed by atoms with E-state index in [9.17, 15) is 0 Å². The minimum absolute atomic E-state index is 0.296. The highest BCUT2D eigenvalue weighted by molar-refractivity contribution is 9.10. The molecule has 0 saturated carbocycles. The maximum absolute atomic E-state index is 6.71. The van der Waals surface area contributed by atoms with Crippen LogP contribution in [0.1, 0.15) is 17.3 Å². The van der Waals surface area contributed by atoms with Crippen LogP contribution in [0.4, 0.5) is 11.4 Å². The molecule has 1 aliphatic heterocycles. The minimum Gasteiger partial charge on any atom is -0.312 e. The van der Waals surface area contributed by atoms with Crippen molar-refractivity contribution < 1.29 is 0 Å². The zero-order valence-electron chi connectivity index (χ0n) is 14.6. The lowest BCUT2D eigenvalue weighted by Crippen LogP contribution is -2.58. The van der Waals surface area contributed by atoms with Gasteiger partial charge in [-0.15, -0.1) is 0 Å². The maximum atomic E-state index is 6.71. The summed E-state index contributed by atoms with van der Waals surface area (Å²) in [6.07, 6.45) is -0.715. The van der Waals surface area contributed by atoms with Gasteiger partial charge in [0.2, 0.25) is 0 Å². The minimum atomic E-state index is -0.419. The predicted molar refractivity (Wildman–Crippen MR) is 115 cm³/mol. The third-order valence-corrected chi connectivity index (χ3v) is 5.61. The normalized spacial score (nSPS) is 19.8. The summed E-state index contributed by atoms with van der Waals surface area (Å²) in [5.74, 6) is 0. The smallest absolute Gasteiger partial charge is 0.141 e. The van der Waals surface area contributed by atoms with Crippen LogP contribution in [0, 0.1) is 0 Å². The number of benzene rings is 3. The van der Waals surface area contributed by atoms with Crippen LogP contribution in [0.3, 0.4) is 0 Å². The van der Waals surface area contributed by atoms with Crippen LogP contribution >= 0.6 is 27.5 Å². The molecule has 1 aliphatic rings. The lowest BCUT2D eigenvalue weighted by molar-refractivity contribution is 0.121. The number of nitrogens with zero attached hydrogens (tertiary/aromatic N) is 2. The fraction of sp³-hybridized carbons (Fsp3) is 0.143. The van der Waals surface area contributed by atoms with Gasteiger partial charge in [-0.3, -0.25) is 5.73 Å². The van der Waals surface area contributed by atoms with Gasteiger partial charge in [-0.25, -0.2) is 4.90 Å². The second kappa shape index (κ2) is 7.62. The van der Waals surface area contributed by atoms with E-state index in [1.807, 2.05) is 54.6 Å². The van der Waals surface area contributed by atoms with Gasteiger partial charge in [-0.1, -0.05) is 63.9 Å². The van der Waals surface area contributed by atoms with E-state index in [0.717, 1.165) is 27.0 Å². The third kappa shape index (κ3) is 3.61. The summed E-state index contributed by atoms with van der Waals surface area (Å²) in [5, 5.41) is 0.673. The lowest BCUT2D eigenvalue weighted by atomic mass is 10.0. The van der Waals surface area contributed by atoms with E-state index in [-0.39, 0.29) is 6.17 Å². The molecule has 138 valence electrons. The lowest BCUT2D eigenvalue weighted by Gasteiger charge is -2.47. The summed E-state index contributed by atoms with van der Waals surface area (Å²) >= 11 is 9.72. The Morgan fingerprint density at radius 2 is 1.67 bits per heavy atom. The SMILES string of the molecule is NC1c2ccccc2N(c2cccc(Cl)c2)C(N)N1Cc1ccc(Br)cc1. The highest BCUT2D eigenvalue weighted by atomic mass is 79.9. The number of rotatable bonds is 3. The summed E-state index contributed by atoms with van der Waals surface area (Å²) in [7, 11) is 0. The van der Waals surface area contributed by atoms with Gasteiger partial charge in [0.15, 0.2) is 0 Å². The molecule has 0 fully saturated rings. The number of hydrogen-bond donors (Lipinski definition) is 2. The number of nitrogens with two attached hydrogens (primary N) is 2. The van der Waals surface area contributed by atoms with Gasteiger partial charge >= 0.3 is 0 Å². The van der Waals surface area contributed by atoms with Crippen LogP contribution in [0.2, 0.25) is 5.02 Å². The molecule has 6 heteroatoms. The summed E-state index contributed by atoms with van der Waals surface area (Å²) in [4.78, 5) is 4.18. The van der Waals surface area contributed by atoms with Crippen LogP contribution < -0.4 is 16.4 Å². The van der Waals surface area contributed by atoms with Gasteiger partial charge in [-0.05, 0) is 42.0 Å². The van der Waals surface area contributed by atoms with Gasteiger partial charge in [0.1, 0.15) is 6.29 Å². The van der Waals surface area contributed by atoms with E-state index < -0.39 is 6.29 Å². The Hall–Kier alpha value is -1.89. The standard InChI is InChI=1S/C21H20BrClN4/c22-15-10-8-14(9-11-15)13-26-20(24)18-6-1-2-7-19(18)27(21(26)25)17-5-3-4-16(23)12-17/h1-12,20-21H,13,24-25H2. The van der Waals surface area contributed by atoms with Gasteiger partial charge in [0, 0.05) is 33.0 Å². The molecule has 0 aliphatic carbocycles. The molecule has 27 heavy (non-hydrogen) atoms. The zero-order chi connectivity index (χ0) is 19.0. The van der Waals surface area contributed by atoms with Crippen molar-refractivity contribution >= 4 is 38.9 Å². The quantitative estimate of drug-likeness (QED) is 0.601. The molecule has 0 bridgehead atoms. The van der Waals surface area contributed by atoms with Crippen LogP contribution in [0.25, 0.3) is 0 Å². The molecule has 1 heterocycles. The zero-order valence-corrected chi connectivity index (χ0v) is 16.9. The Kier molecular flexibility index (Phi) is 5.21. The highest BCUT2D eigenvalue weighted by Crippen LogP contribution is 2.40. The molecule has 4 rings (SSSR count). The molecule has 0 radical (unpaired) electrons. The highest BCUT2D eigenvalue weighted by Gasteiger charge is 2.36. The van der Waals surface area contributed by atoms with E-state index in [2.05, 4.69) is 43.9 Å². The van der Waals surface area contributed by atoms with Crippen LogP contribution in [-0.4, -0.2) is 11.2 Å². The van der Waals surface area contributed by atoms with Crippen molar-refractivity contribution in [1.82, 2.24) is 4.90 Å². The van der Waals surface area contributed by atoms with Crippen molar-refractivity contribution in [2.24, 2.45) is 11.5 Å². The van der Waals surface area contributed by atoms with Crippen LogP contribution in [0.15, 0.2) is 77.3 Å². The molecule has 0 aromatic heterocycles. The summed E-state index contributed by atoms with van der Waals surface area (Å²) in [5.41, 5.74) is 17.5. The van der Waals surface area contributed by atoms with E-state index in [1.54, 1.807) is 0 Å². The van der Waals surface area contributed by atoms with Gasteiger partial charge < -0.3 is 10.6 Å². The van der Waals surface area contributed by atoms with Crippen LogP contribution in [-0.2, 0) is 6.54 Å². The molecule has 2 atom stereocenters. The fourth-order valence-corrected chi connectivity index (χ4v) is 3.95. The summed E-state index contributed by atoms with van der Waals surface area (Å²) < 4.78 is 1.05. The average Bonchev–Trinajstić information content (AvgIpc) is 2.67. The number of anilines is 2. The number of para-hydroxylation sites is 1. The van der Waals surface area contributed by atoms with Crippen LogP contribution in [0.5, 0.6) is 0 Å². The Bertz CT molecular complexity index is 947. The molecule has 0 spiro atoms. The predicted octanol–water partition coefficient (Wildman–Crippen LogP) is 4.96. The summed E-state index contributed by atoms with van der Waals surface area (Å²) in [6, 6.07) is 24.0. The molecular formula is C21H20BrClN4. The first kappa shape index (κ1) is 18.5. The molecule has 0 saturated heterocycles. The van der Waals surface area contributed by atoms with Crippen molar-refractivity contribution in [3.05, 3.63) is 93.4 Å². The topological polar surface area (TPSA) is 58.5 Å². The fourth-order valence-electron chi connectivity index (χ4n) is 3.50. The largest absolute Gasteiger partial charge is 0.312 e. The first-order valence-corrected chi connectivity index (χ1v) is 9.87. The Morgan fingerprint density at radius 3 is 2.41 bits per heavy atom. The monoisotopic (exact) mass is 442 g/mol. The van der Waals surface area contributed by atoms with Crippen molar-refractivity contribution in [1.29, 1.82) is 0 Å². The van der Waals surface area contributed by atoms with Crippen molar-refractivity contribution in [2.45, 2.75) is 19.0 Å². The molecule has 2 unspecified atom stereocenters. The Morgan fingerprint density at radius 1 is 0.926 bits per heavy atom. The second-order valence-electron chi connectivity index (χ2n) is 6.57. The average molecular weight is 444 g/mol. The third-order valence-electron chi connectivity index (χ3n) is 4.84. The van der Waals surface area contributed by atoms with Gasteiger partial charge in [0.25, 0.3) is 0 Å². The van der Waals surface area contributed by atoms with E-state index in [4.69, 9.17) is 23.1 Å². The molecular weight excluding hydrogens is 424 g/mol. The maximum Gasteiger partial charge on any atom is 0.141 e. The van der Waals surface area contributed by atoms with Gasteiger partial charge in [0.05, 0.1) is 6.17 Å². The molecule has 3 aromatic rings. The second-order valence-corrected chi connectivity index (χ2v) is 7.92. The number of halogens is 2. The molecule has 3 aromatic carbocycles. The summed E-state index contributed by atoms with van der Waals surface area (Å²) in [6.45, 7) is 0.640. The molecule has 4 nitrogen and oxygen atoms in total. The molecule has 0 amide bonds. The Labute approximate surface area is 172 Å². The van der Waals surface area contributed by atoms with E-state index >= 15 is 0 Å². The van der Waals surface area contributed by atoms with Crippen molar-refractivity contribution in [3.8, 4) is 0 Å². The first-order valence-electron chi connectivity index (χ1n) is 8.69. The molecule has 4 N–H and O–H groups in total. The number of hydrogen-bond acceptors (Lipinski definition) is 4.